The molecule has 0 radical (unpaired) electrons. The third-order valence-electron chi connectivity index (χ3n) is 2.95. The Kier molecular flexibility index (Phi) is 3.01. The smallest absolute Gasteiger partial charge is 0.169 e. The minimum atomic E-state index is -0.426. The van der Waals surface area contributed by atoms with Crippen LogP contribution in [0.15, 0.2) is 0 Å². The van der Waals surface area contributed by atoms with Crippen molar-refractivity contribution in [2.75, 3.05) is 18.1 Å². The lowest BCUT2D eigenvalue weighted by molar-refractivity contribution is -0.184. The number of thioether (sulfide) groups is 1. The third kappa shape index (κ3) is 1.90. The average molecular weight is 213 g/mol. The Morgan fingerprint density at radius 1 is 1.64 bits per heavy atom. The van der Waals surface area contributed by atoms with Crippen LogP contribution in [0.5, 0.6) is 0 Å². The van der Waals surface area contributed by atoms with Gasteiger partial charge in [0, 0.05) is 11.7 Å². The highest BCUT2D eigenvalue weighted by Crippen LogP contribution is 2.39. The van der Waals surface area contributed by atoms with E-state index in [4.69, 9.17) is 14.7 Å². The molecule has 3 unspecified atom stereocenters. The van der Waals surface area contributed by atoms with Crippen molar-refractivity contribution in [1.29, 1.82) is 5.26 Å². The summed E-state index contributed by atoms with van der Waals surface area (Å²) >= 11 is 1.96. The van der Waals surface area contributed by atoms with E-state index in [2.05, 4.69) is 6.07 Å². The SMILES string of the molecule is CC1(C2CCSC2)OCC(CC#N)O1. The third-order valence-corrected chi connectivity index (χ3v) is 4.11. The Morgan fingerprint density at radius 2 is 2.50 bits per heavy atom. The topological polar surface area (TPSA) is 42.2 Å². The summed E-state index contributed by atoms with van der Waals surface area (Å²) in [6.07, 6.45) is 1.59. The largest absolute Gasteiger partial charge is 0.347 e. The van der Waals surface area contributed by atoms with Gasteiger partial charge in [0.05, 0.1) is 25.2 Å². The number of nitriles is 1. The molecule has 2 saturated heterocycles. The maximum absolute atomic E-state index is 8.57. The molecule has 0 aliphatic carbocycles. The molecule has 3 atom stereocenters. The van der Waals surface area contributed by atoms with E-state index in [0.29, 0.717) is 18.9 Å². The molecule has 0 spiro atoms. The fourth-order valence-electron chi connectivity index (χ4n) is 2.02. The summed E-state index contributed by atoms with van der Waals surface area (Å²) in [7, 11) is 0. The average Bonchev–Trinajstić information content (AvgIpc) is 2.75. The van der Waals surface area contributed by atoms with E-state index in [1.54, 1.807) is 0 Å². The van der Waals surface area contributed by atoms with Crippen molar-refractivity contribution in [3.63, 3.8) is 0 Å². The zero-order chi connectivity index (χ0) is 10.0. The summed E-state index contributed by atoms with van der Waals surface area (Å²) in [6.45, 7) is 2.59. The van der Waals surface area contributed by atoms with Crippen LogP contribution in [0.3, 0.4) is 0 Å². The highest BCUT2D eigenvalue weighted by atomic mass is 32.2. The fourth-order valence-corrected chi connectivity index (χ4v) is 3.39. The first-order valence-electron chi connectivity index (χ1n) is 5.01. The predicted molar refractivity (Wildman–Crippen MR) is 54.9 cm³/mol. The van der Waals surface area contributed by atoms with Gasteiger partial charge in [0.2, 0.25) is 0 Å². The molecule has 0 N–H and O–H groups in total. The van der Waals surface area contributed by atoms with Crippen molar-refractivity contribution in [3.05, 3.63) is 0 Å². The Bertz CT molecular complexity index is 247. The summed E-state index contributed by atoms with van der Waals surface area (Å²) in [6, 6.07) is 2.13. The van der Waals surface area contributed by atoms with Crippen molar-refractivity contribution in [2.24, 2.45) is 5.92 Å². The first-order chi connectivity index (χ1) is 6.74. The van der Waals surface area contributed by atoms with Gasteiger partial charge in [-0.2, -0.15) is 17.0 Å². The number of ether oxygens (including phenoxy) is 2. The minimum Gasteiger partial charge on any atom is -0.347 e. The monoisotopic (exact) mass is 213 g/mol. The number of hydrogen-bond acceptors (Lipinski definition) is 4. The molecule has 0 aromatic heterocycles. The normalized spacial score (nSPS) is 42.6. The highest BCUT2D eigenvalue weighted by molar-refractivity contribution is 7.99. The molecule has 2 fully saturated rings. The molecular weight excluding hydrogens is 198 g/mol. The van der Waals surface area contributed by atoms with Crippen LogP contribution >= 0.6 is 11.8 Å². The van der Waals surface area contributed by atoms with Gasteiger partial charge in [-0.25, -0.2) is 0 Å². The standard InChI is InChI=1S/C10H15NO2S/c1-10(8-3-5-14-7-8)12-6-9(13-10)2-4-11/h8-9H,2-3,5-7H2,1H3. The van der Waals surface area contributed by atoms with Crippen LogP contribution in [-0.4, -0.2) is 30.0 Å². The maximum Gasteiger partial charge on any atom is 0.169 e. The molecule has 0 amide bonds. The molecule has 0 bridgehead atoms. The van der Waals surface area contributed by atoms with E-state index < -0.39 is 5.79 Å². The van der Waals surface area contributed by atoms with Gasteiger partial charge in [-0.1, -0.05) is 0 Å². The van der Waals surface area contributed by atoms with Crippen LogP contribution in [0.2, 0.25) is 0 Å². The molecule has 2 heterocycles. The van der Waals surface area contributed by atoms with Crippen molar-refractivity contribution >= 4 is 11.8 Å². The Hall–Kier alpha value is -0.240. The molecule has 0 aromatic carbocycles. The van der Waals surface area contributed by atoms with Crippen molar-refractivity contribution < 1.29 is 9.47 Å². The van der Waals surface area contributed by atoms with Crippen molar-refractivity contribution in [1.82, 2.24) is 0 Å². The van der Waals surface area contributed by atoms with Crippen molar-refractivity contribution in [3.8, 4) is 6.07 Å². The zero-order valence-corrected chi connectivity index (χ0v) is 9.18. The quantitative estimate of drug-likeness (QED) is 0.701. The van der Waals surface area contributed by atoms with Gasteiger partial charge < -0.3 is 9.47 Å². The second-order valence-electron chi connectivity index (χ2n) is 3.99. The molecule has 78 valence electrons. The van der Waals surface area contributed by atoms with E-state index in [9.17, 15) is 0 Å². The Labute approximate surface area is 88.8 Å². The van der Waals surface area contributed by atoms with E-state index in [0.717, 1.165) is 5.75 Å². The lowest BCUT2D eigenvalue weighted by Crippen LogP contribution is -2.36. The fraction of sp³-hybridized carbons (Fsp3) is 0.900. The van der Waals surface area contributed by atoms with Gasteiger partial charge in [-0.3, -0.25) is 0 Å². The molecule has 2 aliphatic heterocycles. The number of nitrogens with zero attached hydrogens (tertiary/aromatic N) is 1. The van der Waals surface area contributed by atoms with E-state index in [1.165, 1.54) is 12.2 Å². The van der Waals surface area contributed by atoms with Crippen LogP contribution in [0.1, 0.15) is 19.8 Å². The summed E-state index contributed by atoms with van der Waals surface area (Å²) < 4.78 is 11.5. The maximum atomic E-state index is 8.57. The minimum absolute atomic E-state index is 0.0180. The van der Waals surface area contributed by atoms with Crippen LogP contribution in [0.25, 0.3) is 0 Å². The van der Waals surface area contributed by atoms with Gasteiger partial charge in [-0.15, -0.1) is 0 Å². The molecule has 2 aliphatic rings. The van der Waals surface area contributed by atoms with Crippen LogP contribution in [0.4, 0.5) is 0 Å². The Balaban J connectivity index is 1.94. The summed E-state index contributed by atoms with van der Waals surface area (Å²) in [5.41, 5.74) is 0. The second-order valence-corrected chi connectivity index (χ2v) is 5.14. The van der Waals surface area contributed by atoms with Crippen LogP contribution in [0, 0.1) is 17.2 Å². The number of hydrogen-bond donors (Lipinski definition) is 0. The molecule has 0 saturated carbocycles. The molecule has 14 heavy (non-hydrogen) atoms. The lowest BCUT2D eigenvalue weighted by Gasteiger charge is -2.29. The van der Waals surface area contributed by atoms with Gasteiger partial charge in [0.25, 0.3) is 0 Å². The predicted octanol–water partition coefficient (Wildman–Crippen LogP) is 1.78. The first-order valence-corrected chi connectivity index (χ1v) is 6.16. The number of rotatable bonds is 2. The van der Waals surface area contributed by atoms with E-state index in [-0.39, 0.29) is 6.10 Å². The molecular formula is C10H15NO2S. The summed E-state index contributed by atoms with van der Waals surface area (Å²) in [5.74, 6) is 2.40. The van der Waals surface area contributed by atoms with Gasteiger partial charge >= 0.3 is 0 Å². The van der Waals surface area contributed by atoms with E-state index >= 15 is 0 Å². The van der Waals surface area contributed by atoms with E-state index in [1.807, 2.05) is 18.7 Å². The summed E-state index contributed by atoms with van der Waals surface area (Å²) in [5, 5.41) is 8.57. The van der Waals surface area contributed by atoms with Gasteiger partial charge in [0.1, 0.15) is 0 Å². The van der Waals surface area contributed by atoms with Gasteiger partial charge in [-0.05, 0) is 19.1 Å². The Morgan fingerprint density at radius 3 is 3.14 bits per heavy atom. The molecule has 3 nitrogen and oxygen atoms in total. The first kappa shape index (κ1) is 10.3. The van der Waals surface area contributed by atoms with Crippen LogP contribution in [-0.2, 0) is 9.47 Å². The lowest BCUT2D eigenvalue weighted by atomic mass is 10.00. The zero-order valence-electron chi connectivity index (χ0n) is 8.36. The molecule has 0 aromatic rings. The second kappa shape index (κ2) is 4.09. The van der Waals surface area contributed by atoms with Gasteiger partial charge in [0.15, 0.2) is 5.79 Å². The summed E-state index contributed by atoms with van der Waals surface area (Å²) in [4.78, 5) is 0. The molecule has 4 heteroatoms. The van der Waals surface area contributed by atoms with Crippen molar-refractivity contribution in [2.45, 2.75) is 31.7 Å². The van der Waals surface area contributed by atoms with Crippen LogP contribution < -0.4 is 0 Å². The molecule has 2 rings (SSSR count). The highest BCUT2D eigenvalue weighted by Gasteiger charge is 2.44.